The van der Waals surface area contributed by atoms with Crippen molar-refractivity contribution in [3.63, 3.8) is 0 Å². The number of carbonyl (C=O) groups is 1. The molecule has 0 radical (unpaired) electrons. The van der Waals surface area contributed by atoms with E-state index in [9.17, 15) is 9.90 Å². The summed E-state index contributed by atoms with van der Waals surface area (Å²) in [6, 6.07) is 15.0. The first-order valence-electron chi connectivity index (χ1n) is 14.9. The normalized spacial score (nSPS) is 21.4. The molecule has 3 fully saturated rings. The second-order valence-electron chi connectivity index (χ2n) is 12.3. The number of phenols is 1. The minimum Gasteiger partial charge on any atom is -0.508 e. The Balaban J connectivity index is 1.25. The summed E-state index contributed by atoms with van der Waals surface area (Å²) in [6.07, 6.45) is 4.43. The van der Waals surface area contributed by atoms with Gasteiger partial charge in [0, 0.05) is 48.7 Å². The Bertz CT molecular complexity index is 1940. The number of likely N-dealkylation sites (tertiary alicyclic amines) is 1. The number of hydrogen-bond acceptors (Lipinski definition) is 6. The van der Waals surface area contributed by atoms with Crippen LogP contribution < -0.4 is 10.5 Å². The van der Waals surface area contributed by atoms with Crippen molar-refractivity contribution in [3.8, 4) is 34.3 Å². The van der Waals surface area contributed by atoms with Crippen LogP contribution in [0.2, 0.25) is 5.02 Å². The number of fused-ring (bicyclic) bond motifs is 4. The highest BCUT2D eigenvalue weighted by Gasteiger charge is 2.47. The van der Waals surface area contributed by atoms with Gasteiger partial charge in [-0.1, -0.05) is 11.6 Å². The number of imidazole rings is 1. The molecule has 2 saturated carbocycles. The lowest BCUT2D eigenvalue weighted by atomic mass is 10.1. The summed E-state index contributed by atoms with van der Waals surface area (Å²) >= 11 is 6.48. The molecule has 2 aromatic carbocycles. The molecule has 3 atom stereocenters. The summed E-state index contributed by atoms with van der Waals surface area (Å²) in [6.45, 7) is 1.55. The van der Waals surface area contributed by atoms with E-state index in [2.05, 4.69) is 16.7 Å². The molecule has 220 valence electrons. The predicted molar refractivity (Wildman–Crippen MR) is 166 cm³/mol. The molecule has 9 nitrogen and oxygen atoms in total. The standard InChI is InChI=1S/C33H33ClN6O3/c1-38-30-25(11-20(13-28(30)43-2)33(42)40-16-19-6-10-26(40)29(19)35)37-32(38)27-12-18-5-9-24(22-8-7-21(41)14-23(22)34)36-31(18)39(27)15-17-3-4-17/h5,7-9,11-14,17,19,26,29,41H,3-4,6,10,15-16,35H2,1-2H3/t19-,26-,29-/m1/s1. The van der Waals surface area contributed by atoms with Crippen LogP contribution in [0.15, 0.2) is 48.5 Å². The van der Waals surface area contributed by atoms with Gasteiger partial charge in [-0.25, -0.2) is 9.97 Å². The Labute approximate surface area is 253 Å². The van der Waals surface area contributed by atoms with Gasteiger partial charge in [-0.15, -0.1) is 0 Å². The second-order valence-corrected chi connectivity index (χ2v) is 12.7. The highest BCUT2D eigenvalue weighted by Crippen LogP contribution is 2.40. The lowest BCUT2D eigenvalue weighted by Gasteiger charge is -2.27. The largest absolute Gasteiger partial charge is 0.508 e. The number of phenolic OH excluding ortho intramolecular Hbond substituents is 1. The van der Waals surface area contributed by atoms with Crippen molar-refractivity contribution >= 4 is 39.6 Å². The average Bonchev–Trinajstić information content (AvgIpc) is 3.41. The minimum atomic E-state index is -0.0116. The van der Waals surface area contributed by atoms with Gasteiger partial charge in [-0.3, -0.25) is 4.79 Å². The first kappa shape index (κ1) is 26.5. The van der Waals surface area contributed by atoms with Crippen LogP contribution in [-0.4, -0.2) is 60.8 Å². The maximum atomic E-state index is 13.7. The van der Waals surface area contributed by atoms with Gasteiger partial charge >= 0.3 is 0 Å². The number of aryl methyl sites for hydroxylation is 1. The van der Waals surface area contributed by atoms with Gasteiger partial charge in [0.15, 0.2) is 5.82 Å². The summed E-state index contributed by atoms with van der Waals surface area (Å²) in [5.41, 5.74) is 11.8. The third kappa shape index (κ3) is 4.20. The van der Waals surface area contributed by atoms with Gasteiger partial charge in [-0.2, -0.15) is 0 Å². The fourth-order valence-electron chi connectivity index (χ4n) is 7.18. The zero-order chi connectivity index (χ0) is 29.6. The number of aromatic hydroxyl groups is 1. The van der Waals surface area contributed by atoms with Crippen molar-refractivity contribution in [1.82, 2.24) is 24.0 Å². The van der Waals surface area contributed by atoms with E-state index in [1.807, 2.05) is 34.7 Å². The summed E-state index contributed by atoms with van der Waals surface area (Å²) in [4.78, 5) is 25.8. The molecule has 3 aliphatic rings. The van der Waals surface area contributed by atoms with Gasteiger partial charge in [0.05, 0.1) is 29.0 Å². The van der Waals surface area contributed by atoms with E-state index in [4.69, 9.17) is 32.0 Å². The van der Waals surface area contributed by atoms with Crippen molar-refractivity contribution in [2.45, 2.75) is 44.3 Å². The van der Waals surface area contributed by atoms with Crippen LogP contribution in [0.5, 0.6) is 11.5 Å². The molecule has 0 unspecified atom stereocenters. The number of aromatic nitrogens is 4. The molecular weight excluding hydrogens is 564 g/mol. The zero-order valence-corrected chi connectivity index (χ0v) is 24.9. The lowest BCUT2D eigenvalue weighted by Crippen LogP contribution is -2.41. The Morgan fingerprint density at radius 1 is 1.09 bits per heavy atom. The number of piperidine rings is 1. The Kier molecular flexibility index (Phi) is 6.00. The van der Waals surface area contributed by atoms with Crippen molar-refractivity contribution in [3.05, 3.63) is 59.1 Å². The van der Waals surface area contributed by atoms with Crippen LogP contribution in [0.1, 0.15) is 36.0 Å². The zero-order valence-electron chi connectivity index (χ0n) is 24.1. The monoisotopic (exact) mass is 596 g/mol. The Hall–Kier alpha value is -4.08. The third-order valence-corrected chi connectivity index (χ3v) is 9.97. The molecule has 1 amide bonds. The summed E-state index contributed by atoms with van der Waals surface area (Å²) < 4.78 is 10.1. The average molecular weight is 597 g/mol. The van der Waals surface area contributed by atoms with Gasteiger partial charge < -0.3 is 29.6 Å². The van der Waals surface area contributed by atoms with E-state index in [0.717, 1.165) is 58.7 Å². The second kappa shape index (κ2) is 9.72. The van der Waals surface area contributed by atoms with Crippen molar-refractivity contribution in [1.29, 1.82) is 0 Å². The van der Waals surface area contributed by atoms with Crippen LogP contribution in [-0.2, 0) is 13.6 Å². The molecule has 43 heavy (non-hydrogen) atoms. The maximum Gasteiger partial charge on any atom is 0.254 e. The van der Waals surface area contributed by atoms with E-state index in [-0.39, 0.29) is 23.7 Å². The summed E-state index contributed by atoms with van der Waals surface area (Å²) in [5, 5.41) is 11.3. The molecule has 0 spiro atoms. The number of pyridine rings is 1. The molecule has 8 rings (SSSR count). The lowest BCUT2D eigenvalue weighted by molar-refractivity contribution is 0.0700. The molecule has 3 N–H and O–H groups in total. The van der Waals surface area contributed by atoms with Crippen molar-refractivity contribution in [2.75, 3.05) is 13.7 Å². The number of ether oxygens (including phenoxy) is 1. The number of halogens is 1. The van der Waals surface area contributed by atoms with E-state index < -0.39 is 0 Å². The highest BCUT2D eigenvalue weighted by molar-refractivity contribution is 6.33. The van der Waals surface area contributed by atoms with Gasteiger partial charge in [0.2, 0.25) is 0 Å². The number of nitrogens with zero attached hydrogens (tertiary/aromatic N) is 5. The van der Waals surface area contributed by atoms with Gasteiger partial charge in [0.25, 0.3) is 5.91 Å². The molecule has 1 aliphatic heterocycles. The number of hydrogen-bond donors (Lipinski definition) is 2. The van der Waals surface area contributed by atoms with Crippen LogP contribution >= 0.6 is 11.6 Å². The number of carbonyl (C=O) groups excluding carboxylic acids is 1. The van der Waals surface area contributed by atoms with E-state index >= 15 is 0 Å². The van der Waals surface area contributed by atoms with Gasteiger partial charge in [0.1, 0.15) is 22.7 Å². The molecule has 5 aromatic rings. The van der Waals surface area contributed by atoms with Crippen molar-refractivity contribution in [2.24, 2.45) is 24.6 Å². The SMILES string of the molecule is COc1cc(C(=O)N2C[C@H]3CC[C@@H]2[C@@H]3N)cc2nc(-c3cc4ccc(-c5ccc(O)cc5Cl)nc4n3CC3CC3)n(C)c12. The van der Waals surface area contributed by atoms with Gasteiger partial charge in [-0.05, 0) is 86.1 Å². The summed E-state index contributed by atoms with van der Waals surface area (Å²) in [5.74, 6) is 2.47. The smallest absolute Gasteiger partial charge is 0.254 e. The number of benzene rings is 2. The Morgan fingerprint density at radius 2 is 1.93 bits per heavy atom. The third-order valence-electron chi connectivity index (χ3n) is 9.65. The fraction of sp³-hybridized carbons (Fsp3) is 0.364. The maximum absolute atomic E-state index is 13.7. The van der Waals surface area contributed by atoms with Crippen molar-refractivity contribution < 1.29 is 14.6 Å². The number of methoxy groups -OCH3 is 1. The highest BCUT2D eigenvalue weighted by atomic mass is 35.5. The number of nitrogens with two attached hydrogens (primary N) is 1. The number of amides is 1. The molecule has 4 heterocycles. The first-order valence-corrected chi connectivity index (χ1v) is 15.3. The Morgan fingerprint density at radius 3 is 2.63 bits per heavy atom. The molecule has 3 aromatic heterocycles. The van der Waals surface area contributed by atoms with Crippen LogP contribution in [0, 0.1) is 11.8 Å². The van der Waals surface area contributed by atoms with E-state index in [0.29, 0.717) is 40.2 Å². The fourth-order valence-corrected chi connectivity index (χ4v) is 7.46. The molecular formula is C33H33ClN6O3. The quantitative estimate of drug-likeness (QED) is 0.264. The number of rotatable bonds is 6. The minimum absolute atomic E-state index is 0.0116. The first-order chi connectivity index (χ1) is 20.8. The van der Waals surface area contributed by atoms with Crippen LogP contribution in [0.4, 0.5) is 0 Å². The molecule has 2 aliphatic carbocycles. The topological polar surface area (TPSA) is 111 Å². The van der Waals surface area contributed by atoms with Crippen LogP contribution in [0.3, 0.4) is 0 Å². The summed E-state index contributed by atoms with van der Waals surface area (Å²) in [7, 11) is 3.62. The molecule has 10 heteroatoms. The van der Waals surface area contributed by atoms with Crippen LogP contribution in [0.25, 0.3) is 44.8 Å². The predicted octanol–water partition coefficient (Wildman–Crippen LogP) is 5.60. The molecule has 2 bridgehead atoms. The molecule has 1 saturated heterocycles. The van der Waals surface area contributed by atoms with E-state index in [1.54, 1.807) is 19.2 Å². The van der Waals surface area contributed by atoms with E-state index in [1.165, 1.54) is 18.9 Å².